The Kier molecular flexibility index (Phi) is 5.92. The third-order valence-corrected chi connectivity index (χ3v) is 1.85. The van der Waals surface area contributed by atoms with E-state index in [9.17, 15) is 4.79 Å². The highest BCUT2D eigenvalue weighted by atomic mass is 35.5. The van der Waals surface area contributed by atoms with Crippen LogP contribution < -0.4 is 0 Å². The fourth-order valence-electron chi connectivity index (χ4n) is 0.919. The molecular weight excluding hydrogens is 218 g/mol. The first-order valence-corrected chi connectivity index (χ1v) is 4.94. The van der Waals surface area contributed by atoms with Gasteiger partial charge in [-0.1, -0.05) is 0 Å². The van der Waals surface area contributed by atoms with Gasteiger partial charge in [0.15, 0.2) is 0 Å². The number of carbonyl (C=O) groups excluding carboxylic acids is 1. The molecule has 1 saturated heterocycles. The van der Waals surface area contributed by atoms with Gasteiger partial charge in [0, 0.05) is 12.4 Å². The highest BCUT2D eigenvalue weighted by molar-refractivity contribution is 6.67. The molecule has 15 heavy (non-hydrogen) atoms. The number of halogens is 1. The molecule has 1 aliphatic rings. The van der Waals surface area contributed by atoms with Crippen LogP contribution in [0, 0.1) is 0 Å². The standard InChI is InChI=1S/C6H4ClNO.C4H8O2/c7-6(9)5-2-1-3-8-4-5;1-2-6-4-3-5-1/h1-4H;1-4H2. The Morgan fingerprint density at radius 1 is 1.27 bits per heavy atom. The van der Waals surface area contributed by atoms with Gasteiger partial charge in [-0.05, 0) is 23.7 Å². The second kappa shape index (κ2) is 7.34. The van der Waals surface area contributed by atoms with E-state index in [2.05, 4.69) is 4.98 Å². The molecule has 0 bridgehead atoms. The highest BCUT2D eigenvalue weighted by Crippen LogP contribution is 1.98. The monoisotopic (exact) mass is 229 g/mol. The summed E-state index contributed by atoms with van der Waals surface area (Å²) in [5, 5.41) is -0.469. The zero-order valence-electron chi connectivity index (χ0n) is 8.19. The number of rotatable bonds is 1. The van der Waals surface area contributed by atoms with E-state index >= 15 is 0 Å². The van der Waals surface area contributed by atoms with Crippen molar-refractivity contribution in [2.24, 2.45) is 0 Å². The number of ether oxygens (including phenoxy) is 2. The number of nitrogens with zero attached hydrogens (tertiary/aromatic N) is 1. The molecule has 82 valence electrons. The van der Waals surface area contributed by atoms with Crippen molar-refractivity contribution < 1.29 is 14.3 Å². The predicted octanol–water partition coefficient (Wildman–Crippen LogP) is 1.49. The maximum atomic E-state index is 10.4. The summed E-state index contributed by atoms with van der Waals surface area (Å²) in [5.74, 6) is 0. The molecule has 0 aliphatic carbocycles. The summed E-state index contributed by atoms with van der Waals surface area (Å²) in [5.41, 5.74) is 0.430. The lowest BCUT2D eigenvalue weighted by atomic mass is 10.3. The van der Waals surface area contributed by atoms with Gasteiger partial charge in [0.05, 0.1) is 32.0 Å². The lowest BCUT2D eigenvalue weighted by Gasteiger charge is -2.09. The largest absolute Gasteiger partial charge is 0.377 e. The Balaban J connectivity index is 0.000000162. The van der Waals surface area contributed by atoms with Crippen molar-refractivity contribution in [3.63, 3.8) is 0 Å². The molecular formula is C10H12ClNO3. The lowest BCUT2D eigenvalue weighted by molar-refractivity contribution is -0.0334. The molecule has 4 nitrogen and oxygen atoms in total. The number of carbonyl (C=O) groups is 1. The minimum absolute atomic E-state index is 0.430. The molecule has 0 spiro atoms. The molecule has 0 radical (unpaired) electrons. The molecule has 2 rings (SSSR count). The van der Waals surface area contributed by atoms with Gasteiger partial charge in [-0.25, -0.2) is 0 Å². The summed E-state index contributed by atoms with van der Waals surface area (Å²) in [6, 6.07) is 3.28. The van der Waals surface area contributed by atoms with E-state index < -0.39 is 5.24 Å². The summed E-state index contributed by atoms with van der Waals surface area (Å²) in [6.45, 7) is 3.11. The molecule has 0 aromatic carbocycles. The van der Waals surface area contributed by atoms with Gasteiger partial charge >= 0.3 is 0 Å². The van der Waals surface area contributed by atoms with Crippen LogP contribution in [0.15, 0.2) is 24.5 Å². The Bertz CT molecular complexity index is 276. The van der Waals surface area contributed by atoms with Gasteiger partial charge in [0.2, 0.25) is 0 Å². The van der Waals surface area contributed by atoms with E-state index in [1.165, 1.54) is 6.20 Å². The number of aromatic nitrogens is 1. The Morgan fingerprint density at radius 2 is 1.87 bits per heavy atom. The zero-order chi connectivity index (χ0) is 10.9. The average molecular weight is 230 g/mol. The van der Waals surface area contributed by atoms with E-state index in [1.807, 2.05) is 0 Å². The SMILES string of the molecule is C1COCCO1.O=C(Cl)c1cccnc1. The molecule has 5 heteroatoms. The smallest absolute Gasteiger partial charge is 0.253 e. The number of hydrogen-bond acceptors (Lipinski definition) is 4. The Hall–Kier alpha value is -0.970. The summed E-state index contributed by atoms with van der Waals surface area (Å²) in [6.07, 6.45) is 3.01. The second-order valence-electron chi connectivity index (χ2n) is 2.74. The van der Waals surface area contributed by atoms with Crippen molar-refractivity contribution in [1.82, 2.24) is 4.98 Å². The van der Waals surface area contributed by atoms with E-state index in [-0.39, 0.29) is 0 Å². The maximum Gasteiger partial charge on any atom is 0.253 e. The summed E-state index contributed by atoms with van der Waals surface area (Å²) >= 11 is 5.12. The van der Waals surface area contributed by atoms with Crippen LogP contribution in [0.1, 0.15) is 10.4 Å². The topological polar surface area (TPSA) is 48.4 Å². The first kappa shape index (κ1) is 12.1. The van der Waals surface area contributed by atoms with Crippen LogP contribution >= 0.6 is 11.6 Å². The van der Waals surface area contributed by atoms with Crippen molar-refractivity contribution in [3.8, 4) is 0 Å². The van der Waals surface area contributed by atoms with Gasteiger partial charge in [-0.15, -0.1) is 0 Å². The van der Waals surface area contributed by atoms with Crippen molar-refractivity contribution >= 4 is 16.8 Å². The molecule has 0 saturated carbocycles. The summed E-state index contributed by atoms with van der Waals surface area (Å²) < 4.78 is 9.89. The van der Waals surface area contributed by atoms with Crippen molar-refractivity contribution in [1.29, 1.82) is 0 Å². The van der Waals surface area contributed by atoms with Gasteiger partial charge < -0.3 is 9.47 Å². The van der Waals surface area contributed by atoms with E-state index in [0.717, 1.165) is 26.4 Å². The maximum absolute atomic E-state index is 10.4. The first-order valence-electron chi connectivity index (χ1n) is 4.56. The molecule has 0 N–H and O–H groups in total. The Morgan fingerprint density at radius 3 is 2.13 bits per heavy atom. The molecule has 2 heterocycles. The van der Waals surface area contributed by atoms with Gasteiger partial charge in [0.25, 0.3) is 5.24 Å². The van der Waals surface area contributed by atoms with Gasteiger partial charge in [-0.3, -0.25) is 9.78 Å². The quantitative estimate of drug-likeness (QED) is 0.685. The summed E-state index contributed by atoms with van der Waals surface area (Å²) in [4.78, 5) is 14.1. The van der Waals surface area contributed by atoms with Crippen LogP contribution in [0.4, 0.5) is 0 Å². The molecule has 1 aromatic heterocycles. The minimum Gasteiger partial charge on any atom is -0.377 e. The van der Waals surface area contributed by atoms with Gasteiger partial charge in [-0.2, -0.15) is 0 Å². The lowest BCUT2D eigenvalue weighted by Crippen LogP contribution is -2.16. The van der Waals surface area contributed by atoms with Crippen LogP contribution in [0.3, 0.4) is 0 Å². The summed E-state index contributed by atoms with van der Waals surface area (Å²) in [7, 11) is 0. The number of hydrogen-bond donors (Lipinski definition) is 0. The normalized spacial score (nSPS) is 15.0. The molecule has 1 aromatic rings. The molecule has 0 amide bonds. The van der Waals surface area contributed by atoms with Crippen LogP contribution in [0.5, 0.6) is 0 Å². The van der Waals surface area contributed by atoms with Crippen LogP contribution in [0.2, 0.25) is 0 Å². The van der Waals surface area contributed by atoms with E-state index in [0.29, 0.717) is 5.56 Å². The zero-order valence-corrected chi connectivity index (χ0v) is 8.94. The number of pyridine rings is 1. The highest BCUT2D eigenvalue weighted by Gasteiger charge is 1.97. The molecule has 1 aliphatic heterocycles. The Labute approximate surface area is 93.2 Å². The first-order chi connectivity index (χ1) is 7.30. The van der Waals surface area contributed by atoms with Crippen molar-refractivity contribution in [2.45, 2.75) is 0 Å². The van der Waals surface area contributed by atoms with E-state index in [1.54, 1.807) is 18.3 Å². The molecule has 0 unspecified atom stereocenters. The van der Waals surface area contributed by atoms with Crippen LogP contribution in [-0.2, 0) is 9.47 Å². The third-order valence-electron chi connectivity index (χ3n) is 1.63. The van der Waals surface area contributed by atoms with E-state index in [4.69, 9.17) is 21.1 Å². The van der Waals surface area contributed by atoms with Crippen LogP contribution in [-0.4, -0.2) is 36.7 Å². The molecule has 1 fully saturated rings. The van der Waals surface area contributed by atoms with Crippen molar-refractivity contribution in [2.75, 3.05) is 26.4 Å². The average Bonchev–Trinajstić information content (AvgIpc) is 2.33. The molecule has 0 atom stereocenters. The van der Waals surface area contributed by atoms with Crippen molar-refractivity contribution in [3.05, 3.63) is 30.1 Å². The second-order valence-corrected chi connectivity index (χ2v) is 3.08. The minimum atomic E-state index is -0.469. The fraction of sp³-hybridized carbons (Fsp3) is 0.400. The van der Waals surface area contributed by atoms with Gasteiger partial charge in [0.1, 0.15) is 0 Å². The third kappa shape index (κ3) is 5.47. The fourth-order valence-corrected chi connectivity index (χ4v) is 1.03. The predicted molar refractivity (Wildman–Crippen MR) is 56.1 cm³/mol. The van der Waals surface area contributed by atoms with Crippen LogP contribution in [0.25, 0.3) is 0 Å².